The van der Waals surface area contributed by atoms with Crippen LogP contribution in [0, 0.1) is 11.3 Å². The minimum absolute atomic E-state index is 0.0884. The lowest BCUT2D eigenvalue weighted by Gasteiger charge is -2.35. The molecule has 1 aliphatic rings. The second kappa shape index (κ2) is 9.77. The highest BCUT2D eigenvalue weighted by Gasteiger charge is 2.30. The van der Waals surface area contributed by atoms with Crippen LogP contribution < -0.4 is 5.32 Å². The van der Waals surface area contributed by atoms with Crippen LogP contribution in [0.3, 0.4) is 0 Å². The number of piperidine rings is 1. The van der Waals surface area contributed by atoms with E-state index in [1.165, 1.54) is 4.90 Å². The van der Waals surface area contributed by atoms with E-state index in [9.17, 15) is 9.59 Å². The number of hydrogen-bond donors (Lipinski definition) is 1. The molecule has 26 heavy (non-hydrogen) atoms. The average Bonchev–Trinajstić information content (AvgIpc) is 2.63. The molecule has 1 aromatic rings. The minimum Gasteiger partial charge on any atom is -0.344 e. The van der Waals surface area contributed by atoms with E-state index in [0.29, 0.717) is 41.7 Å². The molecule has 1 unspecified atom stereocenters. The van der Waals surface area contributed by atoms with Crippen LogP contribution in [0.25, 0.3) is 0 Å². The van der Waals surface area contributed by atoms with Gasteiger partial charge in [-0.15, -0.1) is 0 Å². The van der Waals surface area contributed by atoms with Crippen LogP contribution in [0.4, 0.5) is 5.69 Å². The summed E-state index contributed by atoms with van der Waals surface area (Å²) in [6.07, 6.45) is 2.88. The Kier molecular flexibility index (Phi) is 7.70. The van der Waals surface area contributed by atoms with Crippen LogP contribution in [0.15, 0.2) is 18.2 Å². The predicted octanol–water partition coefficient (Wildman–Crippen LogP) is 3.16. The van der Waals surface area contributed by atoms with Crippen molar-refractivity contribution in [2.75, 3.05) is 32.0 Å². The number of carbonyl (C=O) groups excluding carboxylic acids is 2. The number of likely N-dealkylation sites (tertiary alicyclic amines) is 1. The van der Waals surface area contributed by atoms with E-state index in [0.717, 1.165) is 12.8 Å². The standard InChI is InChI=1S/C18H22Cl2N4O2/c1-23(9-4-8-21)17(25)12-24-10-3-2-5-16(24)18(26)22-13-6-7-14(19)15(20)11-13/h6-7,11,16H,2-5,9-10,12H2,1H3,(H,22,26). The summed E-state index contributed by atoms with van der Waals surface area (Å²) < 4.78 is 0. The molecule has 1 fully saturated rings. The van der Waals surface area contributed by atoms with Gasteiger partial charge in [0.15, 0.2) is 0 Å². The van der Waals surface area contributed by atoms with Gasteiger partial charge in [0.05, 0.1) is 35.1 Å². The number of nitrogens with one attached hydrogen (secondary N) is 1. The largest absolute Gasteiger partial charge is 0.344 e. The van der Waals surface area contributed by atoms with E-state index in [1.54, 1.807) is 25.2 Å². The summed E-state index contributed by atoms with van der Waals surface area (Å²) in [4.78, 5) is 28.5. The van der Waals surface area contributed by atoms with Crippen molar-refractivity contribution < 1.29 is 9.59 Å². The third-order valence-electron chi connectivity index (χ3n) is 4.43. The molecule has 0 saturated carbocycles. The number of benzene rings is 1. The third-order valence-corrected chi connectivity index (χ3v) is 5.17. The Balaban J connectivity index is 2.00. The Morgan fingerprint density at radius 2 is 2.12 bits per heavy atom. The van der Waals surface area contributed by atoms with E-state index >= 15 is 0 Å². The summed E-state index contributed by atoms with van der Waals surface area (Å²) in [5.41, 5.74) is 0.576. The smallest absolute Gasteiger partial charge is 0.241 e. The van der Waals surface area contributed by atoms with Crippen molar-refractivity contribution in [1.82, 2.24) is 9.80 Å². The molecular weight excluding hydrogens is 375 g/mol. The Hall–Kier alpha value is -1.81. The number of anilines is 1. The van der Waals surface area contributed by atoms with Gasteiger partial charge in [-0.1, -0.05) is 29.6 Å². The van der Waals surface area contributed by atoms with Crippen LogP contribution in [-0.4, -0.2) is 54.3 Å². The minimum atomic E-state index is -0.369. The number of hydrogen-bond acceptors (Lipinski definition) is 4. The summed E-state index contributed by atoms with van der Waals surface area (Å²) in [6.45, 7) is 1.25. The average molecular weight is 397 g/mol. The van der Waals surface area contributed by atoms with Gasteiger partial charge in [0.1, 0.15) is 0 Å². The van der Waals surface area contributed by atoms with E-state index < -0.39 is 0 Å². The van der Waals surface area contributed by atoms with Crippen LogP contribution in [-0.2, 0) is 9.59 Å². The quantitative estimate of drug-likeness (QED) is 0.800. The highest BCUT2D eigenvalue weighted by molar-refractivity contribution is 6.42. The molecule has 1 atom stereocenters. The third kappa shape index (κ3) is 5.60. The maximum Gasteiger partial charge on any atom is 0.241 e. The molecule has 1 N–H and O–H groups in total. The maximum absolute atomic E-state index is 12.7. The Labute approximate surface area is 163 Å². The fourth-order valence-corrected chi connectivity index (χ4v) is 3.21. The zero-order valence-corrected chi connectivity index (χ0v) is 16.2. The van der Waals surface area contributed by atoms with Gasteiger partial charge in [0.25, 0.3) is 0 Å². The molecule has 6 nitrogen and oxygen atoms in total. The van der Waals surface area contributed by atoms with E-state index in [2.05, 4.69) is 5.32 Å². The molecular formula is C18H22Cl2N4O2. The van der Waals surface area contributed by atoms with Gasteiger partial charge in [-0.2, -0.15) is 5.26 Å². The van der Waals surface area contributed by atoms with Crippen LogP contribution in [0.1, 0.15) is 25.7 Å². The number of amides is 2. The zero-order chi connectivity index (χ0) is 19.1. The molecule has 0 aliphatic carbocycles. The van der Waals surface area contributed by atoms with Crippen LogP contribution in [0.2, 0.25) is 10.0 Å². The summed E-state index contributed by atoms with van der Waals surface area (Å²) in [5.74, 6) is -0.245. The van der Waals surface area contributed by atoms with Gasteiger partial charge < -0.3 is 10.2 Å². The highest BCUT2D eigenvalue weighted by atomic mass is 35.5. The first-order valence-electron chi connectivity index (χ1n) is 8.53. The Morgan fingerprint density at radius 3 is 2.81 bits per heavy atom. The molecule has 0 aromatic heterocycles. The lowest BCUT2D eigenvalue weighted by atomic mass is 10.0. The second-order valence-electron chi connectivity index (χ2n) is 6.32. The first-order valence-corrected chi connectivity index (χ1v) is 9.29. The molecule has 140 valence electrons. The Bertz CT molecular complexity index is 705. The number of rotatable bonds is 6. The lowest BCUT2D eigenvalue weighted by molar-refractivity contribution is -0.133. The van der Waals surface area contributed by atoms with Crippen molar-refractivity contribution in [2.45, 2.75) is 31.7 Å². The van der Waals surface area contributed by atoms with Crippen molar-refractivity contribution in [3.8, 4) is 6.07 Å². The molecule has 2 rings (SSSR count). The van der Waals surface area contributed by atoms with Gasteiger partial charge in [-0.25, -0.2) is 0 Å². The van der Waals surface area contributed by atoms with E-state index in [1.807, 2.05) is 11.0 Å². The van der Waals surface area contributed by atoms with Crippen LogP contribution >= 0.6 is 23.2 Å². The fourth-order valence-electron chi connectivity index (χ4n) is 2.91. The van der Waals surface area contributed by atoms with Gasteiger partial charge in [0.2, 0.25) is 11.8 Å². The first-order chi connectivity index (χ1) is 12.4. The van der Waals surface area contributed by atoms with Gasteiger partial charge in [-0.3, -0.25) is 14.5 Å². The summed E-state index contributed by atoms with van der Waals surface area (Å²) in [6, 6.07) is 6.59. The molecule has 1 saturated heterocycles. The van der Waals surface area contributed by atoms with E-state index in [4.69, 9.17) is 28.5 Å². The van der Waals surface area contributed by atoms with Crippen molar-refractivity contribution >= 4 is 40.7 Å². The molecule has 0 spiro atoms. The number of likely N-dealkylation sites (N-methyl/N-ethyl adjacent to an activating group) is 1. The molecule has 1 heterocycles. The SMILES string of the molecule is CN(CCC#N)C(=O)CN1CCCCC1C(=O)Nc1ccc(Cl)c(Cl)c1. The molecule has 1 aromatic carbocycles. The normalized spacial score (nSPS) is 17.4. The zero-order valence-electron chi connectivity index (χ0n) is 14.7. The van der Waals surface area contributed by atoms with Crippen LogP contribution in [0.5, 0.6) is 0 Å². The summed E-state index contributed by atoms with van der Waals surface area (Å²) in [7, 11) is 1.68. The topological polar surface area (TPSA) is 76.4 Å². The van der Waals surface area contributed by atoms with Crippen molar-refractivity contribution in [3.05, 3.63) is 28.2 Å². The van der Waals surface area contributed by atoms with E-state index in [-0.39, 0.29) is 24.4 Å². The number of nitriles is 1. The Morgan fingerprint density at radius 1 is 1.35 bits per heavy atom. The van der Waals surface area contributed by atoms with Gasteiger partial charge in [0, 0.05) is 19.3 Å². The van der Waals surface area contributed by atoms with Crippen molar-refractivity contribution in [3.63, 3.8) is 0 Å². The van der Waals surface area contributed by atoms with Gasteiger partial charge in [-0.05, 0) is 37.6 Å². The molecule has 0 radical (unpaired) electrons. The molecule has 2 amide bonds. The molecule has 1 aliphatic heterocycles. The lowest BCUT2D eigenvalue weighted by Crippen LogP contribution is -2.51. The number of halogens is 2. The fraction of sp³-hybridized carbons (Fsp3) is 0.500. The predicted molar refractivity (Wildman–Crippen MR) is 102 cm³/mol. The monoisotopic (exact) mass is 396 g/mol. The first kappa shape index (κ1) is 20.5. The molecule has 0 bridgehead atoms. The highest BCUT2D eigenvalue weighted by Crippen LogP contribution is 2.26. The van der Waals surface area contributed by atoms with Crippen molar-refractivity contribution in [2.24, 2.45) is 0 Å². The summed E-state index contributed by atoms with van der Waals surface area (Å²) in [5, 5.41) is 12.3. The maximum atomic E-state index is 12.7. The van der Waals surface area contributed by atoms with Gasteiger partial charge >= 0.3 is 0 Å². The number of carbonyl (C=O) groups is 2. The second-order valence-corrected chi connectivity index (χ2v) is 7.14. The molecule has 8 heteroatoms. The van der Waals surface area contributed by atoms with Crippen molar-refractivity contribution in [1.29, 1.82) is 5.26 Å². The number of nitrogens with zero attached hydrogens (tertiary/aromatic N) is 3. The summed E-state index contributed by atoms with van der Waals surface area (Å²) >= 11 is 11.9.